The van der Waals surface area contributed by atoms with Gasteiger partial charge in [0.15, 0.2) is 0 Å². The molecule has 1 fully saturated rings. The van der Waals surface area contributed by atoms with E-state index in [4.69, 9.17) is 10.5 Å². The van der Waals surface area contributed by atoms with Gasteiger partial charge in [0.1, 0.15) is 5.75 Å². The normalized spacial score (nSPS) is 17.0. The Morgan fingerprint density at radius 3 is 2.71 bits per heavy atom. The molecular weight excluding hydrogens is 350 g/mol. The fraction of sp³-hybridized carbons (Fsp3) is 0.318. The number of hydrogen-bond acceptors (Lipinski definition) is 6. The molecule has 1 aliphatic heterocycles. The van der Waals surface area contributed by atoms with E-state index in [1.807, 2.05) is 24.7 Å². The Hall–Kier alpha value is -2.99. The standard InChI is InChI=1S/C22H25N5O/c1-15-9-18(3-4-21(15)28-2)20-10-17(5-7-24-20)19-6-8-27(14-19)13-16-11-25-22(23)26-12-16/h3-5,7,9-12,19H,6,8,13-14H2,1-2H3,(H2,23,25,26)/t19-/m0/s1. The van der Waals surface area contributed by atoms with Gasteiger partial charge in [0.2, 0.25) is 5.95 Å². The largest absolute Gasteiger partial charge is 0.496 e. The van der Waals surface area contributed by atoms with Crippen LogP contribution < -0.4 is 10.5 Å². The molecule has 6 heteroatoms. The van der Waals surface area contributed by atoms with Crippen LogP contribution in [0.5, 0.6) is 5.75 Å². The molecule has 1 aromatic carbocycles. The van der Waals surface area contributed by atoms with Crippen molar-refractivity contribution in [3.63, 3.8) is 0 Å². The summed E-state index contributed by atoms with van der Waals surface area (Å²) in [6.45, 7) is 5.00. The second-order valence-electron chi connectivity index (χ2n) is 7.33. The second kappa shape index (κ2) is 7.94. The van der Waals surface area contributed by atoms with E-state index >= 15 is 0 Å². The lowest BCUT2D eigenvalue weighted by atomic mass is 9.97. The van der Waals surface area contributed by atoms with Gasteiger partial charge in [-0.15, -0.1) is 0 Å². The third-order valence-corrected chi connectivity index (χ3v) is 5.35. The summed E-state index contributed by atoms with van der Waals surface area (Å²) in [6.07, 6.45) is 6.68. The van der Waals surface area contributed by atoms with Gasteiger partial charge >= 0.3 is 0 Å². The van der Waals surface area contributed by atoms with E-state index in [1.54, 1.807) is 7.11 Å². The first-order chi connectivity index (χ1) is 13.6. The van der Waals surface area contributed by atoms with Gasteiger partial charge in [-0.05, 0) is 67.3 Å². The number of nitrogens with two attached hydrogens (primary N) is 1. The highest BCUT2D eigenvalue weighted by Gasteiger charge is 2.24. The summed E-state index contributed by atoms with van der Waals surface area (Å²) in [5, 5.41) is 0. The minimum atomic E-state index is 0.320. The molecule has 0 aliphatic carbocycles. The Kier molecular flexibility index (Phi) is 5.21. The average molecular weight is 375 g/mol. The van der Waals surface area contributed by atoms with Gasteiger partial charge in [-0.3, -0.25) is 9.88 Å². The van der Waals surface area contributed by atoms with E-state index in [0.29, 0.717) is 11.9 Å². The minimum Gasteiger partial charge on any atom is -0.496 e. The molecule has 2 N–H and O–H groups in total. The van der Waals surface area contributed by atoms with Crippen LogP contribution in [0.4, 0.5) is 5.95 Å². The lowest BCUT2D eigenvalue weighted by Gasteiger charge is -2.16. The SMILES string of the molecule is COc1ccc(-c2cc([C@H]3CCN(Cc4cnc(N)nc4)C3)ccn2)cc1C. The quantitative estimate of drug-likeness (QED) is 0.736. The van der Waals surface area contributed by atoms with Crippen LogP contribution in [0, 0.1) is 6.92 Å². The van der Waals surface area contributed by atoms with E-state index in [0.717, 1.165) is 54.2 Å². The monoisotopic (exact) mass is 375 g/mol. The molecule has 0 bridgehead atoms. The molecule has 0 unspecified atom stereocenters. The summed E-state index contributed by atoms with van der Waals surface area (Å²) in [5.74, 6) is 1.73. The van der Waals surface area contributed by atoms with Gasteiger partial charge in [-0.25, -0.2) is 9.97 Å². The molecule has 6 nitrogen and oxygen atoms in total. The highest BCUT2D eigenvalue weighted by Crippen LogP contribution is 2.31. The predicted octanol–water partition coefficient (Wildman–Crippen LogP) is 3.43. The third kappa shape index (κ3) is 3.97. The molecule has 1 aliphatic rings. The summed E-state index contributed by atoms with van der Waals surface area (Å²) >= 11 is 0. The molecule has 28 heavy (non-hydrogen) atoms. The highest BCUT2D eigenvalue weighted by atomic mass is 16.5. The van der Waals surface area contributed by atoms with Crippen molar-refractivity contribution in [2.45, 2.75) is 25.8 Å². The lowest BCUT2D eigenvalue weighted by Crippen LogP contribution is -2.20. The van der Waals surface area contributed by atoms with Crippen molar-refractivity contribution >= 4 is 5.95 Å². The van der Waals surface area contributed by atoms with Gasteiger partial charge in [-0.1, -0.05) is 0 Å². The smallest absolute Gasteiger partial charge is 0.219 e. The van der Waals surface area contributed by atoms with Crippen LogP contribution in [-0.4, -0.2) is 40.1 Å². The summed E-state index contributed by atoms with van der Waals surface area (Å²) in [6, 6.07) is 10.6. The van der Waals surface area contributed by atoms with Crippen LogP contribution in [0.1, 0.15) is 29.0 Å². The Bertz CT molecular complexity index is 957. The van der Waals surface area contributed by atoms with Crippen molar-refractivity contribution in [2.75, 3.05) is 25.9 Å². The van der Waals surface area contributed by atoms with E-state index in [9.17, 15) is 0 Å². The van der Waals surface area contributed by atoms with Gasteiger partial charge in [0.25, 0.3) is 0 Å². The molecule has 0 spiro atoms. The van der Waals surface area contributed by atoms with Crippen LogP contribution in [0.15, 0.2) is 48.9 Å². The molecule has 0 saturated carbocycles. The zero-order valence-corrected chi connectivity index (χ0v) is 16.3. The number of pyridine rings is 1. The number of likely N-dealkylation sites (tertiary alicyclic amines) is 1. The van der Waals surface area contributed by atoms with E-state index in [1.165, 1.54) is 5.56 Å². The highest BCUT2D eigenvalue weighted by molar-refractivity contribution is 5.62. The predicted molar refractivity (Wildman–Crippen MR) is 110 cm³/mol. The zero-order chi connectivity index (χ0) is 19.5. The summed E-state index contributed by atoms with van der Waals surface area (Å²) < 4.78 is 5.37. The molecule has 1 saturated heterocycles. The molecule has 0 radical (unpaired) electrons. The molecule has 0 amide bonds. The topological polar surface area (TPSA) is 77.2 Å². The van der Waals surface area contributed by atoms with Crippen LogP contribution in [0.3, 0.4) is 0 Å². The number of benzene rings is 1. The fourth-order valence-electron chi connectivity index (χ4n) is 3.85. The van der Waals surface area contributed by atoms with Crippen molar-refractivity contribution in [3.05, 3.63) is 65.6 Å². The van der Waals surface area contributed by atoms with Crippen molar-refractivity contribution < 1.29 is 4.74 Å². The van der Waals surface area contributed by atoms with Gasteiger partial charge in [0, 0.05) is 42.8 Å². The molecule has 4 rings (SSSR count). The number of aromatic nitrogens is 3. The number of ether oxygens (including phenoxy) is 1. The maximum atomic E-state index is 5.57. The van der Waals surface area contributed by atoms with Crippen LogP contribution in [-0.2, 0) is 6.54 Å². The Morgan fingerprint density at radius 2 is 1.96 bits per heavy atom. The summed E-state index contributed by atoms with van der Waals surface area (Å²) in [5.41, 5.74) is 11.3. The first-order valence-electron chi connectivity index (χ1n) is 9.52. The number of aryl methyl sites for hydroxylation is 1. The first-order valence-corrected chi connectivity index (χ1v) is 9.52. The molecule has 1 atom stereocenters. The number of rotatable bonds is 5. The van der Waals surface area contributed by atoms with Crippen molar-refractivity contribution in [2.24, 2.45) is 0 Å². The number of nitrogens with zero attached hydrogens (tertiary/aromatic N) is 4. The van der Waals surface area contributed by atoms with E-state index in [2.05, 4.69) is 51.0 Å². The van der Waals surface area contributed by atoms with Crippen molar-refractivity contribution in [1.82, 2.24) is 19.9 Å². The number of hydrogen-bond donors (Lipinski definition) is 1. The summed E-state index contributed by atoms with van der Waals surface area (Å²) in [4.78, 5) is 15.2. The third-order valence-electron chi connectivity index (χ3n) is 5.35. The van der Waals surface area contributed by atoms with Crippen molar-refractivity contribution in [3.8, 4) is 17.0 Å². The minimum absolute atomic E-state index is 0.320. The second-order valence-corrected chi connectivity index (χ2v) is 7.33. The molecule has 2 aromatic heterocycles. The fourth-order valence-corrected chi connectivity index (χ4v) is 3.85. The molecule has 3 aromatic rings. The first kappa shape index (κ1) is 18.4. The number of anilines is 1. The number of methoxy groups -OCH3 is 1. The lowest BCUT2D eigenvalue weighted by molar-refractivity contribution is 0.326. The van der Waals surface area contributed by atoms with Gasteiger partial charge in [-0.2, -0.15) is 0 Å². The van der Waals surface area contributed by atoms with E-state index in [-0.39, 0.29) is 0 Å². The summed E-state index contributed by atoms with van der Waals surface area (Å²) in [7, 11) is 1.70. The Morgan fingerprint density at radius 1 is 1.14 bits per heavy atom. The van der Waals surface area contributed by atoms with Gasteiger partial charge in [0.05, 0.1) is 12.8 Å². The molecule has 3 heterocycles. The van der Waals surface area contributed by atoms with Crippen LogP contribution in [0.2, 0.25) is 0 Å². The molecule has 144 valence electrons. The maximum Gasteiger partial charge on any atom is 0.219 e. The van der Waals surface area contributed by atoms with Crippen molar-refractivity contribution in [1.29, 1.82) is 0 Å². The van der Waals surface area contributed by atoms with Gasteiger partial charge < -0.3 is 10.5 Å². The zero-order valence-electron chi connectivity index (χ0n) is 16.3. The maximum absolute atomic E-state index is 5.57. The molecular formula is C22H25N5O. The number of nitrogen functional groups attached to an aromatic ring is 1. The Balaban J connectivity index is 1.47. The van der Waals surface area contributed by atoms with E-state index < -0.39 is 0 Å². The Labute approximate surface area is 165 Å². The van der Waals surface area contributed by atoms with Crippen LogP contribution >= 0.6 is 0 Å². The van der Waals surface area contributed by atoms with Crippen LogP contribution in [0.25, 0.3) is 11.3 Å². The average Bonchev–Trinajstić information content (AvgIpc) is 3.18.